The van der Waals surface area contributed by atoms with E-state index >= 15 is 0 Å². The van der Waals surface area contributed by atoms with Gasteiger partial charge in [-0.15, -0.1) is 11.3 Å². The molecule has 542 valence electrons. The Balaban J connectivity index is 1.18. The van der Waals surface area contributed by atoms with E-state index in [9.17, 15) is 52.7 Å². The van der Waals surface area contributed by atoms with Crippen molar-refractivity contribution in [1.29, 1.82) is 0 Å². The number of primary amides is 1. The van der Waals surface area contributed by atoms with Gasteiger partial charge in [0, 0.05) is 109 Å². The lowest BCUT2D eigenvalue weighted by atomic mass is 9.83. The first kappa shape index (κ1) is 81.0. The number of carbonyl (C=O) groups excluding carboxylic acids is 11. The van der Waals surface area contributed by atoms with Crippen molar-refractivity contribution < 1.29 is 67.0 Å². The molecule has 2 aliphatic heterocycles. The number of likely N-dealkylation sites (N-methyl/N-ethyl adjacent to an activating group) is 2. The molecule has 25 heteroatoms. The summed E-state index contributed by atoms with van der Waals surface area (Å²) in [6.07, 6.45) is 4.19. The number of nitrogens with one attached hydrogen (secondary N) is 4. The number of aromatic nitrogens is 1. The van der Waals surface area contributed by atoms with Gasteiger partial charge in [0.25, 0.3) is 0 Å². The zero-order chi connectivity index (χ0) is 72.5. The molecule has 10 amide bonds. The van der Waals surface area contributed by atoms with Gasteiger partial charge < -0.3 is 55.9 Å². The summed E-state index contributed by atoms with van der Waals surface area (Å²) in [5.74, 6) is -6.27. The van der Waals surface area contributed by atoms with E-state index in [1.807, 2.05) is 84.2 Å². The van der Waals surface area contributed by atoms with Crippen LogP contribution in [-0.4, -0.2) is 174 Å². The summed E-state index contributed by atoms with van der Waals surface area (Å²) in [7, 11) is 6.28. The summed E-state index contributed by atoms with van der Waals surface area (Å²) in [4.78, 5) is 159. The molecule has 0 bridgehead atoms. The molecule has 1 unspecified atom stereocenters. The predicted molar refractivity (Wildman–Crippen MR) is 375 cm³/mol. The van der Waals surface area contributed by atoms with Gasteiger partial charge in [0.1, 0.15) is 11.6 Å². The Morgan fingerprint density at radius 2 is 1.47 bits per heavy atom. The molecular weight excluding hydrogens is 1270 g/mol. The first-order valence-corrected chi connectivity index (χ1v) is 35.8. The smallest absolute Gasteiger partial charge is 0.410 e. The number of hydrogen-bond donors (Lipinski definition) is 5. The van der Waals surface area contributed by atoms with E-state index in [2.05, 4.69) is 26.3 Å². The van der Waals surface area contributed by atoms with E-state index in [0.29, 0.717) is 75.7 Å². The van der Waals surface area contributed by atoms with E-state index in [-0.39, 0.29) is 134 Å². The number of Topliss-reactive ketones (excluding diaryl/α,β-unsaturated/α-hetero) is 2. The minimum absolute atomic E-state index is 0.0523. The summed E-state index contributed by atoms with van der Waals surface area (Å²) in [6.45, 7) is 19.3. The standard InChI is InChI=1S/C73H110N10O14S/c1-15-47(8)65(59(95-13)42-62(88)82-36-23-27-56(82)66(96-14)49(10)67(89)78-55(69-75-34-37-98-69)39-50-24-18-16-19-25-50)80(11)71(92)54(44(2)3)41-58(85)64(46(6)7)81(12)73(94)97-43-51-29-31-53(32-30-51)77-68(90)52(26-22-33-76-72(74)93)40-57(84)63(45(4)5)79-60(86)28-20-17-21-35-83-61(87)38-48(9)70(83)91/h16,18-19,24-25,29-32,34,37,44-49,52,54-56,59,63-66H,15,17,20-23,26-28,33,35-36,38-43H2,1-14H3,(H,77,90)(H,78,89)(H,79,86)(H3,74,76,93)/t47-,48?,49+,52+,54-,55-,56-,59+,63-,64-,65-,66+/m0/s1. The maximum Gasteiger partial charge on any atom is 0.410 e. The summed E-state index contributed by atoms with van der Waals surface area (Å²) in [5.41, 5.74) is 7.28. The van der Waals surface area contributed by atoms with Crippen LogP contribution in [0.2, 0.25) is 0 Å². The van der Waals surface area contributed by atoms with Crippen LogP contribution in [-0.2, 0) is 70.4 Å². The van der Waals surface area contributed by atoms with E-state index in [1.54, 1.807) is 75.2 Å². The van der Waals surface area contributed by atoms with Gasteiger partial charge in [0.15, 0.2) is 11.6 Å². The number of imide groups is 1. The van der Waals surface area contributed by atoms with E-state index < -0.39 is 72.2 Å². The number of nitrogens with two attached hydrogens (primary N) is 1. The molecule has 1 aromatic heterocycles. The predicted octanol–water partition coefficient (Wildman–Crippen LogP) is 9.05. The quantitative estimate of drug-likeness (QED) is 0.0261. The highest BCUT2D eigenvalue weighted by Crippen LogP contribution is 2.33. The largest absolute Gasteiger partial charge is 0.445 e. The summed E-state index contributed by atoms with van der Waals surface area (Å²) >= 11 is 1.47. The van der Waals surface area contributed by atoms with Gasteiger partial charge in [0.05, 0.1) is 54.8 Å². The van der Waals surface area contributed by atoms with Crippen molar-refractivity contribution in [2.45, 2.75) is 208 Å². The zero-order valence-electron chi connectivity index (χ0n) is 60.2. The third-order valence-corrected chi connectivity index (χ3v) is 20.2. The minimum atomic E-state index is -0.965. The number of ether oxygens (including phenoxy) is 3. The fourth-order valence-electron chi connectivity index (χ4n) is 13.5. The Morgan fingerprint density at radius 3 is 2.05 bits per heavy atom. The second kappa shape index (κ2) is 39.8. The monoisotopic (exact) mass is 1380 g/mol. The first-order valence-electron chi connectivity index (χ1n) is 34.9. The van der Waals surface area contributed by atoms with Crippen LogP contribution in [0.1, 0.15) is 175 Å². The molecule has 6 N–H and O–H groups in total. The highest BCUT2D eigenvalue weighted by molar-refractivity contribution is 7.09. The van der Waals surface area contributed by atoms with Crippen LogP contribution in [0.3, 0.4) is 0 Å². The molecule has 2 aromatic carbocycles. The zero-order valence-corrected chi connectivity index (χ0v) is 61.0. The van der Waals surface area contributed by atoms with Gasteiger partial charge in [-0.3, -0.25) is 48.1 Å². The number of likely N-dealkylation sites (tertiary alicyclic amines) is 2. The molecule has 2 saturated heterocycles. The Bertz CT molecular complexity index is 3110. The van der Waals surface area contributed by atoms with Crippen molar-refractivity contribution in [1.82, 2.24) is 40.5 Å². The number of thiazole rings is 1. The van der Waals surface area contributed by atoms with Crippen LogP contribution in [0.5, 0.6) is 0 Å². The molecule has 0 saturated carbocycles. The van der Waals surface area contributed by atoms with Crippen LogP contribution in [0.4, 0.5) is 15.3 Å². The highest BCUT2D eigenvalue weighted by atomic mass is 32.1. The topological polar surface area (TPSA) is 315 Å². The Labute approximate surface area is 583 Å². The van der Waals surface area contributed by atoms with Crippen molar-refractivity contribution in [3.63, 3.8) is 0 Å². The number of hydrogen-bond acceptors (Lipinski definition) is 16. The van der Waals surface area contributed by atoms with Gasteiger partial charge in [-0.25, -0.2) is 14.6 Å². The molecular formula is C73H110N10O14S. The van der Waals surface area contributed by atoms with E-state index in [4.69, 9.17) is 19.9 Å². The Morgan fingerprint density at radius 1 is 0.776 bits per heavy atom. The second-order valence-corrected chi connectivity index (χ2v) is 28.6. The molecule has 2 fully saturated rings. The van der Waals surface area contributed by atoms with Crippen LogP contribution >= 0.6 is 11.3 Å². The van der Waals surface area contributed by atoms with Crippen molar-refractivity contribution in [2.75, 3.05) is 53.3 Å². The summed E-state index contributed by atoms with van der Waals surface area (Å²) in [6, 6.07) is 12.5. The van der Waals surface area contributed by atoms with Crippen LogP contribution < -0.4 is 27.0 Å². The van der Waals surface area contributed by atoms with Gasteiger partial charge >= 0.3 is 12.1 Å². The van der Waals surface area contributed by atoms with E-state index in [0.717, 1.165) is 10.6 Å². The molecule has 12 atom stereocenters. The SMILES string of the molecule is CC[C@H](C)[C@@H]([C@@H](CC(=O)N1CCC[C@H]1[C@H](OC)[C@@H](C)C(=O)N[C@@H](Cc1ccccc1)c1nccs1)OC)N(C)C(=O)[C@@H](CC(=O)[C@H](C(C)C)N(C)C(=O)OCc1ccc(NC(=O)[C@H](CCCNC(N)=O)CC(=O)[C@@H](NC(=O)CCCCCN2C(=O)CC(C)C2=O)C(C)C)cc1)C(C)C. The molecule has 0 radical (unpaired) electrons. The van der Waals surface area contributed by atoms with Crippen LogP contribution in [0, 0.1) is 47.3 Å². The van der Waals surface area contributed by atoms with Crippen molar-refractivity contribution in [2.24, 2.45) is 53.1 Å². The minimum Gasteiger partial charge on any atom is -0.445 e. The normalized spacial score (nSPS) is 17.8. The molecule has 2 aliphatic rings. The maximum atomic E-state index is 14.9. The highest BCUT2D eigenvalue weighted by Gasteiger charge is 2.44. The number of rotatable bonds is 41. The lowest BCUT2D eigenvalue weighted by Crippen LogP contribution is -2.54. The average molecular weight is 1380 g/mol. The summed E-state index contributed by atoms with van der Waals surface area (Å²) < 4.78 is 18.0. The molecule has 3 aromatic rings. The number of unbranched alkanes of at least 4 members (excludes halogenated alkanes) is 2. The van der Waals surface area contributed by atoms with Gasteiger partial charge in [-0.1, -0.05) is 125 Å². The Hall–Kier alpha value is -7.64. The van der Waals surface area contributed by atoms with Crippen molar-refractivity contribution >= 4 is 82.1 Å². The van der Waals surface area contributed by atoms with Crippen molar-refractivity contribution in [3.05, 3.63) is 82.3 Å². The van der Waals surface area contributed by atoms with Gasteiger partial charge in [-0.05, 0) is 91.9 Å². The lowest BCUT2D eigenvalue weighted by molar-refractivity contribution is -0.149. The fraction of sp³-hybridized carbons (Fsp3) is 0.644. The maximum absolute atomic E-state index is 14.9. The van der Waals surface area contributed by atoms with E-state index in [1.165, 1.54) is 35.3 Å². The number of amides is 10. The number of anilines is 1. The second-order valence-electron chi connectivity index (χ2n) is 27.7. The number of ketones is 2. The lowest BCUT2D eigenvalue weighted by Gasteiger charge is -2.41. The van der Waals surface area contributed by atoms with Crippen molar-refractivity contribution in [3.8, 4) is 0 Å². The molecule has 5 rings (SSSR count). The summed E-state index contributed by atoms with van der Waals surface area (Å²) in [5, 5.41) is 14.1. The molecule has 3 heterocycles. The Kier molecular flexibility index (Phi) is 32.9. The number of carbonyl (C=O) groups is 11. The molecule has 24 nitrogen and oxygen atoms in total. The number of nitrogens with zero attached hydrogens (tertiary/aromatic N) is 5. The molecule has 98 heavy (non-hydrogen) atoms. The first-order chi connectivity index (χ1) is 46.5. The number of methoxy groups -OCH3 is 2. The third kappa shape index (κ3) is 23.5. The van der Waals surface area contributed by atoms with Crippen LogP contribution in [0.15, 0.2) is 66.2 Å². The average Bonchev–Trinajstić information content (AvgIpc) is 1.75. The molecule has 0 spiro atoms. The van der Waals surface area contributed by atoms with Gasteiger partial charge in [-0.2, -0.15) is 0 Å². The molecule has 0 aliphatic carbocycles. The fourth-order valence-corrected chi connectivity index (χ4v) is 14.2. The van der Waals surface area contributed by atoms with Crippen LogP contribution in [0.25, 0.3) is 0 Å². The number of urea groups is 1. The number of benzene rings is 2. The van der Waals surface area contributed by atoms with Gasteiger partial charge in [0.2, 0.25) is 41.4 Å². The third-order valence-electron chi connectivity index (χ3n) is 19.3.